The van der Waals surface area contributed by atoms with Gasteiger partial charge in [-0.25, -0.2) is 4.39 Å². The summed E-state index contributed by atoms with van der Waals surface area (Å²) in [5, 5.41) is 0.923. The minimum absolute atomic E-state index is 0.180. The molecule has 19 heavy (non-hydrogen) atoms. The fourth-order valence-electron chi connectivity index (χ4n) is 3.24. The molecule has 2 nitrogen and oxygen atoms in total. The van der Waals surface area contributed by atoms with Gasteiger partial charge in [-0.1, -0.05) is 13.0 Å². The van der Waals surface area contributed by atoms with Crippen molar-refractivity contribution in [3.05, 3.63) is 42.6 Å². The van der Waals surface area contributed by atoms with Gasteiger partial charge in [0.15, 0.2) is 5.82 Å². The molecule has 3 rings (SSSR count). The van der Waals surface area contributed by atoms with Crippen LogP contribution in [0, 0.1) is 18.2 Å². The van der Waals surface area contributed by atoms with Crippen LogP contribution in [0.5, 0.6) is 0 Å². The zero-order chi connectivity index (χ0) is 13.6. The molecule has 0 aromatic carbocycles. The van der Waals surface area contributed by atoms with Crippen LogP contribution in [-0.4, -0.2) is 9.55 Å². The molecule has 2 atom stereocenters. The molecule has 0 radical (unpaired) electrons. The number of rotatable bonds is 2. The van der Waals surface area contributed by atoms with E-state index in [1.165, 1.54) is 6.20 Å². The predicted octanol–water partition coefficient (Wildman–Crippen LogP) is 4.40. The molecule has 1 unspecified atom stereocenters. The zero-order valence-electron chi connectivity index (χ0n) is 11.5. The minimum Gasteiger partial charge on any atom is -0.342 e. The first-order chi connectivity index (χ1) is 9.04. The van der Waals surface area contributed by atoms with E-state index in [1.54, 1.807) is 0 Å². The highest BCUT2D eigenvalue weighted by atomic mass is 19.1. The average molecular weight is 258 g/mol. The molecule has 2 aromatic rings. The Balaban J connectivity index is 2.08. The lowest BCUT2D eigenvalue weighted by molar-refractivity contribution is 0.414. The largest absolute Gasteiger partial charge is 0.342 e. The van der Waals surface area contributed by atoms with Crippen molar-refractivity contribution in [1.29, 1.82) is 0 Å². The molecule has 1 aliphatic rings. The van der Waals surface area contributed by atoms with E-state index >= 15 is 0 Å². The third-order valence-corrected chi connectivity index (χ3v) is 4.54. The molecule has 0 aliphatic heterocycles. The topological polar surface area (TPSA) is 17.8 Å². The van der Waals surface area contributed by atoms with Gasteiger partial charge in [-0.05, 0) is 37.7 Å². The molecule has 0 amide bonds. The van der Waals surface area contributed by atoms with Gasteiger partial charge in [0.25, 0.3) is 0 Å². The van der Waals surface area contributed by atoms with Gasteiger partial charge in [0, 0.05) is 23.3 Å². The summed E-state index contributed by atoms with van der Waals surface area (Å²) in [7, 11) is 0. The maximum Gasteiger partial charge on any atom is 0.165 e. The molecule has 2 aromatic heterocycles. The van der Waals surface area contributed by atoms with Crippen LogP contribution in [0.2, 0.25) is 0 Å². The van der Waals surface area contributed by atoms with Gasteiger partial charge < -0.3 is 4.57 Å². The second kappa shape index (κ2) is 4.19. The molecule has 1 aliphatic carbocycles. The first-order valence-electron chi connectivity index (χ1n) is 6.79. The summed E-state index contributed by atoms with van der Waals surface area (Å²) >= 11 is 0. The van der Waals surface area contributed by atoms with E-state index < -0.39 is 0 Å². The van der Waals surface area contributed by atoms with Gasteiger partial charge in [-0.3, -0.25) is 4.98 Å². The Morgan fingerprint density at radius 2 is 2.37 bits per heavy atom. The highest BCUT2D eigenvalue weighted by molar-refractivity contribution is 5.82. The number of halogens is 1. The van der Waals surface area contributed by atoms with Gasteiger partial charge in [0.2, 0.25) is 0 Å². The molecule has 0 saturated heterocycles. The van der Waals surface area contributed by atoms with E-state index in [-0.39, 0.29) is 11.2 Å². The standard InChI is InChI=1S/C16H19FN2/c1-4-16(3)7-5-12(9-16)19-8-6-13-11(2)18-10-14(17)15(13)19/h4,6,8,10,12H,1,5,7,9H2,2-3H3/t12?,16-/m1/s1. The molecule has 3 heteroatoms. The van der Waals surface area contributed by atoms with Gasteiger partial charge in [-0.2, -0.15) is 0 Å². The number of nitrogens with zero attached hydrogens (tertiary/aromatic N) is 2. The van der Waals surface area contributed by atoms with Crippen molar-refractivity contribution in [1.82, 2.24) is 9.55 Å². The number of hydrogen-bond donors (Lipinski definition) is 0. The lowest BCUT2D eigenvalue weighted by Gasteiger charge is -2.20. The number of aromatic nitrogens is 2. The molecule has 100 valence electrons. The summed E-state index contributed by atoms with van der Waals surface area (Å²) in [6.07, 6.45) is 8.60. The van der Waals surface area contributed by atoms with Crippen LogP contribution in [0.4, 0.5) is 4.39 Å². The van der Waals surface area contributed by atoms with E-state index in [0.29, 0.717) is 11.6 Å². The van der Waals surface area contributed by atoms with Crippen molar-refractivity contribution in [3.63, 3.8) is 0 Å². The van der Waals surface area contributed by atoms with Crippen molar-refractivity contribution < 1.29 is 4.39 Å². The summed E-state index contributed by atoms with van der Waals surface area (Å²) < 4.78 is 16.2. The van der Waals surface area contributed by atoms with E-state index in [0.717, 1.165) is 30.3 Å². The third-order valence-electron chi connectivity index (χ3n) is 4.54. The molecular weight excluding hydrogens is 239 g/mol. The fourth-order valence-corrected chi connectivity index (χ4v) is 3.24. The lowest BCUT2D eigenvalue weighted by atomic mass is 9.89. The molecule has 0 N–H and O–H groups in total. The Morgan fingerprint density at radius 1 is 1.58 bits per heavy atom. The highest BCUT2D eigenvalue weighted by Gasteiger charge is 2.34. The van der Waals surface area contributed by atoms with Crippen LogP contribution in [0.3, 0.4) is 0 Å². The number of allylic oxidation sites excluding steroid dienone is 1. The van der Waals surface area contributed by atoms with Gasteiger partial charge in [-0.15, -0.1) is 6.58 Å². The van der Waals surface area contributed by atoms with Crippen molar-refractivity contribution >= 4 is 10.9 Å². The van der Waals surface area contributed by atoms with Crippen molar-refractivity contribution in [2.45, 2.75) is 39.2 Å². The maximum atomic E-state index is 14.1. The quantitative estimate of drug-likeness (QED) is 0.730. The number of fused-ring (bicyclic) bond motifs is 1. The third kappa shape index (κ3) is 1.88. The lowest BCUT2D eigenvalue weighted by Crippen LogP contribution is -2.10. The SMILES string of the molecule is C=C[C@]1(C)CCC(n2ccc3c(C)ncc(F)c32)C1. The van der Waals surface area contributed by atoms with Gasteiger partial charge in [0.1, 0.15) is 0 Å². The van der Waals surface area contributed by atoms with E-state index in [9.17, 15) is 4.39 Å². The second-order valence-electron chi connectivity index (χ2n) is 5.93. The normalized spacial score (nSPS) is 27.0. The first kappa shape index (κ1) is 12.4. The van der Waals surface area contributed by atoms with E-state index in [1.807, 2.05) is 25.3 Å². The van der Waals surface area contributed by atoms with Crippen molar-refractivity contribution in [3.8, 4) is 0 Å². The molecule has 1 fully saturated rings. The fraction of sp³-hybridized carbons (Fsp3) is 0.438. The Hall–Kier alpha value is -1.64. The van der Waals surface area contributed by atoms with E-state index in [4.69, 9.17) is 0 Å². The molecular formula is C16H19FN2. The van der Waals surface area contributed by atoms with Crippen LogP contribution >= 0.6 is 0 Å². The van der Waals surface area contributed by atoms with Gasteiger partial charge in [0.05, 0.1) is 11.7 Å². The zero-order valence-corrected chi connectivity index (χ0v) is 11.5. The molecule has 0 bridgehead atoms. The van der Waals surface area contributed by atoms with Gasteiger partial charge >= 0.3 is 0 Å². The van der Waals surface area contributed by atoms with Crippen LogP contribution in [0.1, 0.15) is 37.9 Å². The van der Waals surface area contributed by atoms with Crippen LogP contribution in [0.25, 0.3) is 10.9 Å². The van der Waals surface area contributed by atoms with E-state index in [2.05, 4.69) is 23.1 Å². The average Bonchev–Trinajstić information content (AvgIpc) is 2.99. The predicted molar refractivity (Wildman–Crippen MR) is 75.6 cm³/mol. The Morgan fingerprint density at radius 3 is 3.05 bits per heavy atom. The Bertz CT molecular complexity index is 643. The van der Waals surface area contributed by atoms with Crippen molar-refractivity contribution in [2.75, 3.05) is 0 Å². The summed E-state index contributed by atoms with van der Waals surface area (Å²) in [4.78, 5) is 4.09. The molecule has 2 heterocycles. The molecule has 1 saturated carbocycles. The Kier molecular flexibility index (Phi) is 2.73. The monoisotopic (exact) mass is 258 g/mol. The Labute approximate surface area is 113 Å². The summed E-state index contributed by atoms with van der Waals surface area (Å²) in [5.74, 6) is -0.224. The van der Waals surface area contributed by atoms with Crippen LogP contribution in [-0.2, 0) is 0 Å². The highest BCUT2D eigenvalue weighted by Crippen LogP contribution is 2.45. The molecule has 0 spiro atoms. The number of hydrogen-bond acceptors (Lipinski definition) is 1. The minimum atomic E-state index is -0.224. The number of pyridine rings is 1. The van der Waals surface area contributed by atoms with Crippen LogP contribution < -0.4 is 0 Å². The summed E-state index contributed by atoms with van der Waals surface area (Å²) in [5.41, 5.74) is 1.77. The summed E-state index contributed by atoms with van der Waals surface area (Å²) in [6.45, 7) is 8.09. The van der Waals surface area contributed by atoms with Crippen LogP contribution in [0.15, 0.2) is 31.1 Å². The first-order valence-corrected chi connectivity index (χ1v) is 6.79. The smallest absolute Gasteiger partial charge is 0.165 e. The number of aryl methyl sites for hydroxylation is 1. The van der Waals surface area contributed by atoms with Crippen molar-refractivity contribution in [2.24, 2.45) is 5.41 Å². The maximum absolute atomic E-state index is 14.1. The summed E-state index contributed by atoms with van der Waals surface area (Å²) in [6, 6.07) is 2.33. The second-order valence-corrected chi connectivity index (χ2v) is 5.93.